The smallest absolute Gasteiger partial charge is 0.278 e. The van der Waals surface area contributed by atoms with Gasteiger partial charge in [-0.15, -0.1) is 6.58 Å². The van der Waals surface area contributed by atoms with E-state index < -0.39 is 67.3 Å². The van der Waals surface area contributed by atoms with E-state index in [1.54, 1.807) is 0 Å². The molecule has 0 saturated heterocycles. The van der Waals surface area contributed by atoms with Gasteiger partial charge in [0.25, 0.3) is 33.3 Å². The summed E-state index contributed by atoms with van der Waals surface area (Å²) in [6.07, 6.45) is 0. The molecule has 0 heterocycles. The van der Waals surface area contributed by atoms with E-state index in [-0.39, 0.29) is 1.43 Å². The van der Waals surface area contributed by atoms with Gasteiger partial charge in [-0.2, -0.15) is 0 Å². The maximum absolute atomic E-state index is 7.82. The van der Waals surface area contributed by atoms with Gasteiger partial charge in [-0.3, -0.25) is 0 Å². The molecule has 0 aromatic heterocycles. The molecule has 12 aromatic carbocycles. The third-order valence-electron chi connectivity index (χ3n) is 17.7. The fourth-order valence-corrected chi connectivity index (χ4v) is 49.5. The van der Waals surface area contributed by atoms with Crippen LogP contribution in [0.5, 0.6) is 0 Å². The molecule has 0 fully saturated rings. The Morgan fingerprint density at radius 3 is 0.542 bits per heavy atom. The van der Waals surface area contributed by atoms with Crippen LogP contribution < -0.4 is 62.2 Å². The van der Waals surface area contributed by atoms with Crippen LogP contribution in [0.15, 0.2) is 376 Å². The summed E-state index contributed by atoms with van der Waals surface area (Å²) in [4.78, 5) is 0. The first-order valence-corrected chi connectivity index (χ1v) is 53.3. The van der Waals surface area contributed by atoms with E-state index in [0.717, 1.165) is 12.1 Å². The fraction of sp³-hybridized carbons (Fsp3) is 0.119. The summed E-state index contributed by atoms with van der Waals surface area (Å²) in [5.41, 5.74) is 2.03. The minimum Gasteiger partial charge on any atom is -1.00 e. The Labute approximate surface area is 583 Å². The van der Waals surface area contributed by atoms with Gasteiger partial charge in [0.15, 0.2) is 34.0 Å². The van der Waals surface area contributed by atoms with Crippen molar-refractivity contribution in [1.82, 2.24) is 0 Å². The summed E-state index contributed by atoms with van der Waals surface area (Å²) in [6, 6.07) is 132. The van der Waals surface area contributed by atoms with Gasteiger partial charge in [0, 0.05) is 0 Å². The van der Waals surface area contributed by atoms with E-state index in [1.165, 1.54) is 62.2 Å². The lowest BCUT2D eigenvalue weighted by Gasteiger charge is -2.43. The Morgan fingerprint density at radius 1 is 0.250 bits per heavy atom. The van der Waals surface area contributed by atoms with Crippen LogP contribution in [0.3, 0.4) is 0 Å². The van der Waals surface area contributed by atoms with Crippen molar-refractivity contribution in [2.75, 3.05) is 0 Å². The van der Waals surface area contributed by atoms with Crippen molar-refractivity contribution >= 4 is 130 Å². The molecule has 0 spiro atoms. The highest BCUT2D eigenvalue weighted by atomic mass is 28.4. The van der Waals surface area contributed by atoms with E-state index in [9.17, 15) is 0 Å². The van der Waals surface area contributed by atoms with Gasteiger partial charge < -0.3 is 17.9 Å². The Morgan fingerprint density at radius 2 is 0.396 bits per heavy atom. The number of hydrogen-bond donors (Lipinski definition) is 0. The van der Waals surface area contributed by atoms with Crippen molar-refractivity contribution < 1.29 is 17.9 Å². The molecule has 0 amide bonds. The van der Waals surface area contributed by atoms with Crippen LogP contribution >= 0.6 is 0 Å². The Balaban J connectivity index is 0.000000188. The molecule has 0 atom stereocenters. The quantitative estimate of drug-likeness (QED) is 0.0446. The van der Waals surface area contributed by atoms with E-state index in [1.807, 2.05) is 5.70 Å². The molecule has 12 rings (SSSR count). The van der Waals surface area contributed by atoms with E-state index in [2.05, 4.69) is 423 Å². The zero-order valence-electron chi connectivity index (χ0n) is 58.1. The van der Waals surface area contributed by atoms with Crippen LogP contribution in [0.2, 0.25) is 64.5 Å². The molecule has 0 saturated carbocycles. The summed E-state index contributed by atoms with van der Waals surface area (Å²) < 4.78 is 29.6. The monoisotopic (exact) mass is 1390 g/mol. The molecular weight excluding hydrogens is 1300 g/mol. The molecule has 12 aromatic rings. The minimum atomic E-state index is -2.82. The molecule has 0 bridgehead atoms. The molecule has 0 radical (unpaired) electrons. The topological polar surface area (TPSA) is 36.9 Å². The van der Waals surface area contributed by atoms with E-state index in [0.29, 0.717) is 0 Å². The standard InChI is InChI=1S/C42H46O2Si4.C22H24OSi2.C20H22OSi2.H/c1-45(2,43-47(37-23-11-5-12-24-37,38-25-13-6-14-26-38)39-27-15-7-16-28-39)35-36-46(3,4)44-48(40-29-17-8-18-30-40,41-31-19-9-20-32-41)42-33-21-10-22-34-42;1-4-24(2,3)23-25(20-14-8-5-9-15-20,21-16-10-6-11-17-21)22-18-12-7-13-19-22;1-22(2)21-23(18-12-6-3-7-13-18,19-14-8-4-9-15-19)20-16-10-5-11-17-20;/h5-34H,35-36H2,1-4H3;4-19H,1H2,2-3H3;3-17,22H,1-2H3;/q;;;-1. The van der Waals surface area contributed by atoms with Crippen LogP contribution in [0.25, 0.3) is 0 Å². The van der Waals surface area contributed by atoms with Crippen LogP contribution in [-0.4, -0.2) is 67.3 Å². The lowest BCUT2D eigenvalue weighted by Crippen LogP contribution is -2.73. The summed E-state index contributed by atoms with van der Waals surface area (Å²) in [7, 11) is -18.5. The van der Waals surface area contributed by atoms with Gasteiger partial charge in [0.2, 0.25) is 0 Å². The third kappa shape index (κ3) is 16.7. The minimum absolute atomic E-state index is 0. The van der Waals surface area contributed by atoms with Crippen molar-refractivity contribution in [3.05, 3.63) is 376 Å². The largest absolute Gasteiger partial charge is 1.00 e. The van der Waals surface area contributed by atoms with E-state index >= 15 is 0 Å². The second kappa shape index (κ2) is 32.8. The Hall–Kier alpha value is -8.04. The van der Waals surface area contributed by atoms with Crippen LogP contribution in [0.1, 0.15) is 1.43 Å². The zero-order valence-corrected chi connectivity index (χ0v) is 65.2. The lowest BCUT2D eigenvalue weighted by atomic mass is 10.3. The summed E-state index contributed by atoms with van der Waals surface area (Å²) in [6.45, 7) is 22.7. The van der Waals surface area contributed by atoms with E-state index in [4.69, 9.17) is 16.5 Å². The molecule has 0 aliphatic rings. The predicted octanol–water partition coefficient (Wildman–Crippen LogP) is 13.1. The van der Waals surface area contributed by atoms with Crippen molar-refractivity contribution in [3.8, 4) is 0 Å². The highest BCUT2D eigenvalue weighted by molar-refractivity contribution is 7.13. The Kier molecular flexibility index (Phi) is 24.2. The highest BCUT2D eigenvalue weighted by Crippen LogP contribution is 2.29. The SMILES string of the molecule is C=C[Si](C)(C)O[Si](c1ccccc1)(c1ccccc1)c1ccccc1.C[SiH](C)O[Si](c1ccccc1)(c1ccccc1)c1ccccc1.C[Si](C)(CC[Si](C)(C)O[Si](c1ccccc1)(c1ccccc1)c1ccccc1)O[Si](c1ccccc1)(c1ccccc1)c1ccccc1.[H-]. The zero-order chi connectivity index (χ0) is 67.4. The van der Waals surface area contributed by atoms with Gasteiger partial charge in [-0.05, 0) is 127 Å². The summed E-state index contributed by atoms with van der Waals surface area (Å²) in [5, 5.41) is 15.5. The number of rotatable bonds is 24. The van der Waals surface area contributed by atoms with Gasteiger partial charge in [-0.1, -0.05) is 370 Å². The molecule has 0 aliphatic carbocycles. The first-order chi connectivity index (χ1) is 46.6. The highest BCUT2D eigenvalue weighted by Gasteiger charge is 2.50. The van der Waals surface area contributed by atoms with Crippen LogP contribution in [0, 0.1) is 0 Å². The molecule has 4 nitrogen and oxygen atoms in total. The first kappa shape index (κ1) is 70.7. The third-order valence-corrected chi connectivity index (χ3v) is 49.3. The number of benzene rings is 12. The molecule has 0 aliphatic heterocycles. The lowest BCUT2D eigenvalue weighted by molar-refractivity contribution is 0.552. The van der Waals surface area contributed by atoms with Gasteiger partial charge in [0.05, 0.1) is 0 Å². The number of hydrogen-bond acceptors (Lipinski definition) is 4. The second-order valence-corrected chi connectivity index (χ2v) is 55.9. The average Bonchev–Trinajstić information content (AvgIpc) is 0.774. The maximum atomic E-state index is 7.82. The van der Waals surface area contributed by atoms with Crippen molar-refractivity contribution in [3.63, 3.8) is 0 Å². The first-order valence-electron chi connectivity index (χ1n) is 33.7. The summed E-state index contributed by atoms with van der Waals surface area (Å²) >= 11 is 0. The normalized spacial score (nSPS) is 12.1. The molecule has 12 heteroatoms. The maximum Gasteiger partial charge on any atom is 0.278 e. The Bertz CT molecular complexity index is 3710. The molecule has 0 unspecified atom stereocenters. The van der Waals surface area contributed by atoms with Crippen molar-refractivity contribution in [2.45, 2.75) is 64.5 Å². The van der Waals surface area contributed by atoms with Crippen LogP contribution in [-0.2, 0) is 16.5 Å². The van der Waals surface area contributed by atoms with Gasteiger partial charge in [0.1, 0.15) is 0 Å². The van der Waals surface area contributed by atoms with Crippen molar-refractivity contribution in [1.29, 1.82) is 0 Å². The van der Waals surface area contributed by atoms with Crippen molar-refractivity contribution in [2.24, 2.45) is 0 Å². The molecule has 486 valence electrons. The molecular formula is C84H93O4Si8-. The van der Waals surface area contributed by atoms with Gasteiger partial charge >= 0.3 is 0 Å². The average molecular weight is 1390 g/mol. The van der Waals surface area contributed by atoms with Crippen LogP contribution in [0.4, 0.5) is 0 Å². The molecule has 0 N–H and O–H groups in total. The summed E-state index contributed by atoms with van der Waals surface area (Å²) in [5.74, 6) is 0. The predicted molar refractivity (Wildman–Crippen MR) is 433 cm³/mol. The fourth-order valence-electron chi connectivity index (χ4n) is 13.1. The van der Waals surface area contributed by atoms with Gasteiger partial charge in [-0.25, -0.2) is 0 Å². The second-order valence-electron chi connectivity index (χ2n) is 26.4. The molecule has 96 heavy (non-hydrogen) atoms.